The minimum Gasteiger partial charge on any atom is -0.319 e. The lowest BCUT2D eigenvalue weighted by molar-refractivity contribution is 0.149. The van der Waals surface area contributed by atoms with Gasteiger partial charge in [-0.2, -0.15) is 0 Å². The predicted octanol–water partition coefficient (Wildman–Crippen LogP) is 2.15. The van der Waals surface area contributed by atoms with E-state index in [2.05, 4.69) is 15.3 Å². The fraction of sp³-hybridized carbons (Fsp3) is 0.778. The van der Waals surface area contributed by atoms with Crippen LogP contribution in [0, 0.1) is 5.92 Å². The highest BCUT2D eigenvalue weighted by Gasteiger charge is 2.01. The van der Waals surface area contributed by atoms with E-state index < -0.39 is 6.09 Å². The van der Waals surface area contributed by atoms with E-state index >= 15 is 0 Å². The summed E-state index contributed by atoms with van der Waals surface area (Å²) in [4.78, 5) is 15.5. The molecule has 0 aliphatic rings. The molecule has 0 aromatic rings. The average molecular weight is 186 g/mol. The van der Waals surface area contributed by atoms with Gasteiger partial charge in [0.05, 0.1) is 5.71 Å². The van der Waals surface area contributed by atoms with Gasteiger partial charge in [-0.15, -0.1) is 0 Å². The van der Waals surface area contributed by atoms with Crippen LogP contribution >= 0.6 is 0 Å². The molecule has 4 heteroatoms. The number of oxime groups is 1. The van der Waals surface area contributed by atoms with E-state index in [9.17, 15) is 4.79 Å². The third-order valence-corrected chi connectivity index (χ3v) is 1.45. The molecule has 0 aliphatic carbocycles. The van der Waals surface area contributed by atoms with Crippen molar-refractivity contribution in [3.8, 4) is 0 Å². The molecule has 0 heterocycles. The van der Waals surface area contributed by atoms with Gasteiger partial charge in [0.15, 0.2) is 0 Å². The molecular weight excluding hydrogens is 168 g/mol. The maximum atomic E-state index is 10.9. The first-order valence-corrected chi connectivity index (χ1v) is 4.54. The van der Waals surface area contributed by atoms with Crippen LogP contribution in [0.5, 0.6) is 0 Å². The zero-order valence-electron chi connectivity index (χ0n) is 8.76. The number of carbonyl (C=O) groups excluding carboxylic acids is 1. The third-order valence-electron chi connectivity index (χ3n) is 1.45. The van der Waals surface area contributed by atoms with Crippen molar-refractivity contribution >= 4 is 11.8 Å². The van der Waals surface area contributed by atoms with E-state index in [0.29, 0.717) is 12.5 Å². The molecule has 0 saturated carbocycles. The van der Waals surface area contributed by atoms with Gasteiger partial charge in [0.2, 0.25) is 0 Å². The molecule has 0 aromatic carbocycles. The van der Waals surface area contributed by atoms with Crippen LogP contribution in [-0.4, -0.2) is 18.3 Å². The Bertz CT molecular complexity index is 188. The maximum Gasteiger partial charge on any atom is 0.433 e. The minimum atomic E-state index is -0.485. The number of amides is 1. The lowest BCUT2D eigenvalue weighted by Gasteiger charge is -2.04. The molecular formula is C9H18N2O2. The molecule has 0 saturated heterocycles. The Kier molecular flexibility index (Phi) is 5.93. The molecule has 0 aromatic heterocycles. The van der Waals surface area contributed by atoms with E-state index in [0.717, 1.165) is 12.1 Å². The van der Waals surface area contributed by atoms with Crippen molar-refractivity contribution < 1.29 is 9.63 Å². The van der Waals surface area contributed by atoms with Crippen molar-refractivity contribution in [2.24, 2.45) is 11.1 Å². The van der Waals surface area contributed by atoms with Gasteiger partial charge in [-0.1, -0.05) is 25.9 Å². The first-order valence-electron chi connectivity index (χ1n) is 4.54. The van der Waals surface area contributed by atoms with Gasteiger partial charge in [-0.05, 0) is 19.3 Å². The smallest absolute Gasteiger partial charge is 0.319 e. The van der Waals surface area contributed by atoms with Crippen molar-refractivity contribution in [3.05, 3.63) is 0 Å². The van der Waals surface area contributed by atoms with Crippen molar-refractivity contribution in [2.75, 3.05) is 6.54 Å². The Labute approximate surface area is 79.3 Å². The van der Waals surface area contributed by atoms with E-state index in [-0.39, 0.29) is 0 Å². The molecule has 0 radical (unpaired) electrons. The van der Waals surface area contributed by atoms with E-state index in [1.807, 2.05) is 27.7 Å². The van der Waals surface area contributed by atoms with Crippen molar-refractivity contribution in [2.45, 2.75) is 34.1 Å². The number of hydrogen-bond donors (Lipinski definition) is 1. The van der Waals surface area contributed by atoms with E-state index in [1.165, 1.54) is 0 Å². The van der Waals surface area contributed by atoms with Gasteiger partial charge >= 0.3 is 6.09 Å². The number of hydrogen-bond acceptors (Lipinski definition) is 3. The third kappa shape index (κ3) is 7.31. The van der Waals surface area contributed by atoms with Gasteiger partial charge in [-0.25, -0.2) is 4.79 Å². The summed E-state index contributed by atoms with van der Waals surface area (Å²) in [6.45, 7) is 8.41. The topological polar surface area (TPSA) is 50.7 Å². The van der Waals surface area contributed by atoms with Gasteiger partial charge in [0.1, 0.15) is 0 Å². The van der Waals surface area contributed by atoms with Gasteiger partial charge in [-0.3, -0.25) is 4.84 Å². The maximum absolute atomic E-state index is 10.9. The summed E-state index contributed by atoms with van der Waals surface area (Å²) in [6, 6.07) is 0. The molecule has 0 aliphatic heterocycles. The highest BCUT2D eigenvalue weighted by Crippen LogP contribution is 1.90. The van der Waals surface area contributed by atoms with Crippen LogP contribution in [-0.2, 0) is 4.84 Å². The second kappa shape index (κ2) is 6.46. The SMILES string of the molecule is CC/C(C)=N/OC(=O)NCC(C)C. The number of nitrogens with zero attached hydrogens (tertiary/aromatic N) is 1. The van der Waals surface area contributed by atoms with E-state index in [1.54, 1.807) is 0 Å². The monoisotopic (exact) mass is 186 g/mol. The van der Waals surface area contributed by atoms with Gasteiger partial charge < -0.3 is 5.32 Å². The predicted molar refractivity (Wildman–Crippen MR) is 52.7 cm³/mol. The summed E-state index contributed by atoms with van der Waals surface area (Å²) in [5, 5.41) is 6.22. The first-order chi connectivity index (χ1) is 6.06. The molecule has 0 rings (SSSR count). The lowest BCUT2D eigenvalue weighted by atomic mass is 10.2. The second-order valence-electron chi connectivity index (χ2n) is 3.33. The van der Waals surface area contributed by atoms with Crippen LogP contribution in [0.2, 0.25) is 0 Å². The quantitative estimate of drug-likeness (QED) is 0.415. The zero-order chi connectivity index (χ0) is 10.3. The molecule has 0 spiro atoms. The molecule has 0 bridgehead atoms. The van der Waals surface area contributed by atoms with Gasteiger partial charge in [0, 0.05) is 6.54 Å². The summed E-state index contributed by atoms with van der Waals surface area (Å²) in [5.74, 6) is 0.420. The van der Waals surface area contributed by atoms with Crippen molar-refractivity contribution in [1.29, 1.82) is 0 Å². The minimum absolute atomic E-state index is 0.420. The number of carbonyl (C=O) groups is 1. The highest BCUT2D eigenvalue weighted by atomic mass is 16.7. The Balaban J connectivity index is 3.63. The lowest BCUT2D eigenvalue weighted by Crippen LogP contribution is -2.26. The molecule has 0 atom stereocenters. The van der Waals surface area contributed by atoms with E-state index in [4.69, 9.17) is 0 Å². The van der Waals surface area contributed by atoms with Crippen LogP contribution < -0.4 is 5.32 Å². The van der Waals surface area contributed by atoms with Crippen LogP contribution in [0.25, 0.3) is 0 Å². The van der Waals surface area contributed by atoms with Crippen LogP contribution in [0.1, 0.15) is 34.1 Å². The zero-order valence-corrected chi connectivity index (χ0v) is 8.76. The highest BCUT2D eigenvalue weighted by molar-refractivity contribution is 5.81. The van der Waals surface area contributed by atoms with Crippen LogP contribution in [0.4, 0.5) is 4.79 Å². The molecule has 0 fully saturated rings. The fourth-order valence-electron chi connectivity index (χ4n) is 0.504. The normalized spacial score (nSPS) is 11.6. The second-order valence-corrected chi connectivity index (χ2v) is 3.33. The van der Waals surface area contributed by atoms with Crippen molar-refractivity contribution in [1.82, 2.24) is 5.32 Å². The largest absolute Gasteiger partial charge is 0.433 e. The Morgan fingerprint density at radius 2 is 2.15 bits per heavy atom. The molecule has 1 amide bonds. The Morgan fingerprint density at radius 1 is 1.54 bits per heavy atom. The summed E-state index contributed by atoms with van der Waals surface area (Å²) >= 11 is 0. The summed E-state index contributed by atoms with van der Waals surface area (Å²) in [7, 11) is 0. The average Bonchev–Trinajstić information content (AvgIpc) is 2.10. The first kappa shape index (κ1) is 11.9. The molecule has 76 valence electrons. The molecule has 1 N–H and O–H groups in total. The van der Waals surface area contributed by atoms with Crippen molar-refractivity contribution in [3.63, 3.8) is 0 Å². The molecule has 0 unspecified atom stereocenters. The standard InChI is InChI=1S/C9H18N2O2/c1-5-8(4)11-13-9(12)10-6-7(2)3/h7H,5-6H2,1-4H3,(H,10,12)/b11-8+. The summed E-state index contributed by atoms with van der Waals surface area (Å²) in [5.41, 5.74) is 0.805. The Hall–Kier alpha value is -1.06. The summed E-state index contributed by atoms with van der Waals surface area (Å²) in [6.07, 6.45) is 0.304. The van der Waals surface area contributed by atoms with Crippen LogP contribution in [0.3, 0.4) is 0 Å². The fourth-order valence-corrected chi connectivity index (χ4v) is 0.504. The number of rotatable bonds is 4. The molecule has 4 nitrogen and oxygen atoms in total. The number of nitrogens with one attached hydrogen (secondary N) is 1. The molecule has 13 heavy (non-hydrogen) atoms. The van der Waals surface area contributed by atoms with Crippen LogP contribution in [0.15, 0.2) is 5.16 Å². The Morgan fingerprint density at radius 3 is 2.62 bits per heavy atom. The van der Waals surface area contributed by atoms with Gasteiger partial charge in [0.25, 0.3) is 0 Å². The summed E-state index contributed by atoms with van der Waals surface area (Å²) < 4.78 is 0.